The Morgan fingerprint density at radius 1 is 1.60 bits per heavy atom. The maximum Gasteiger partial charge on any atom is 0.292 e. The summed E-state index contributed by atoms with van der Waals surface area (Å²) in [4.78, 5) is 24.0. The number of hydrogen-bond donors (Lipinski definition) is 1. The van der Waals surface area contributed by atoms with Crippen LogP contribution in [0.4, 0.5) is 11.4 Å². The Kier molecular flexibility index (Phi) is 4.19. The van der Waals surface area contributed by atoms with Gasteiger partial charge in [0.25, 0.3) is 11.6 Å². The van der Waals surface area contributed by atoms with Crippen molar-refractivity contribution in [3.05, 3.63) is 33.9 Å². The molecule has 1 aromatic rings. The Labute approximate surface area is 116 Å². The molecular formula is C13H17N3O4. The highest BCUT2D eigenvalue weighted by Crippen LogP contribution is 2.23. The van der Waals surface area contributed by atoms with Crippen molar-refractivity contribution < 1.29 is 14.5 Å². The molecule has 108 valence electrons. The van der Waals surface area contributed by atoms with Crippen LogP contribution in [-0.2, 0) is 4.74 Å². The topological polar surface area (TPSA) is 98.7 Å². The maximum absolute atomic E-state index is 12.2. The average molecular weight is 279 g/mol. The summed E-state index contributed by atoms with van der Waals surface area (Å²) in [6.07, 6.45) is 0.930. The minimum atomic E-state index is -0.586. The Morgan fingerprint density at radius 3 is 2.95 bits per heavy atom. The first-order chi connectivity index (χ1) is 9.49. The number of carbonyl (C=O) groups excluding carboxylic acids is 1. The van der Waals surface area contributed by atoms with E-state index in [1.807, 2.05) is 0 Å². The second kappa shape index (κ2) is 5.87. The molecule has 1 amide bonds. The van der Waals surface area contributed by atoms with Gasteiger partial charge in [0.05, 0.1) is 11.5 Å². The Hall–Kier alpha value is -2.15. The number of ether oxygens (including phenoxy) is 1. The van der Waals surface area contributed by atoms with Crippen LogP contribution >= 0.6 is 0 Å². The molecule has 0 aliphatic carbocycles. The molecule has 1 aromatic carbocycles. The van der Waals surface area contributed by atoms with E-state index in [1.54, 1.807) is 11.9 Å². The third-order valence-electron chi connectivity index (χ3n) is 3.38. The van der Waals surface area contributed by atoms with Crippen LogP contribution in [0.1, 0.15) is 16.8 Å². The number of carbonyl (C=O) groups is 1. The molecule has 2 N–H and O–H groups in total. The van der Waals surface area contributed by atoms with Crippen LogP contribution in [-0.4, -0.2) is 42.5 Å². The van der Waals surface area contributed by atoms with Crippen LogP contribution in [0, 0.1) is 16.0 Å². The standard InChI is InChI=1S/C13H17N3O4/c1-15(7-9-4-5-20-8-9)13(17)10-2-3-11(14)12(6-10)16(18)19/h2-3,6,9H,4-5,7-8,14H2,1H3. The van der Waals surface area contributed by atoms with E-state index in [4.69, 9.17) is 10.5 Å². The van der Waals surface area contributed by atoms with Gasteiger partial charge in [-0.3, -0.25) is 14.9 Å². The van der Waals surface area contributed by atoms with Crippen LogP contribution < -0.4 is 5.73 Å². The number of anilines is 1. The average Bonchev–Trinajstić information content (AvgIpc) is 2.91. The molecule has 1 unspecified atom stereocenters. The van der Waals surface area contributed by atoms with Gasteiger partial charge in [-0.05, 0) is 18.6 Å². The summed E-state index contributed by atoms with van der Waals surface area (Å²) in [5.41, 5.74) is 5.60. The monoisotopic (exact) mass is 279 g/mol. The molecule has 1 aliphatic rings. The van der Waals surface area contributed by atoms with E-state index in [-0.39, 0.29) is 22.8 Å². The smallest absolute Gasteiger partial charge is 0.292 e. The Balaban J connectivity index is 2.11. The van der Waals surface area contributed by atoms with Crippen LogP contribution in [0.5, 0.6) is 0 Å². The molecular weight excluding hydrogens is 262 g/mol. The highest BCUT2D eigenvalue weighted by Gasteiger charge is 2.22. The maximum atomic E-state index is 12.2. The predicted molar refractivity (Wildman–Crippen MR) is 73.4 cm³/mol. The van der Waals surface area contributed by atoms with E-state index in [0.29, 0.717) is 19.1 Å². The second-order valence-electron chi connectivity index (χ2n) is 4.95. The molecule has 1 saturated heterocycles. The lowest BCUT2D eigenvalue weighted by atomic mass is 10.1. The van der Waals surface area contributed by atoms with E-state index in [0.717, 1.165) is 13.0 Å². The van der Waals surface area contributed by atoms with Gasteiger partial charge in [-0.25, -0.2) is 0 Å². The fourth-order valence-corrected chi connectivity index (χ4v) is 2.25. The minimum Gasteiger partial charge on any atom is -0.393 e. The fraction of sp³-hybridized carbons (Fsp3) is 0.462. The predicted octanol–water partition coefficient (Wildman–Crippen LogP) is 1.29. The number of benzene rings is 1. The van der Waals surface area contributed by atoms with Crippen LogP contribution in [0.2, 0.25) is 0 Å². The van der Waals surface area contributed by atoms with Crippen molar-refractivity contribution in [2.45, 2.75) is 6.42 Å². The van der Waals surface area contributed by atoms with Gasteiger partial charge in [0, 0.05) is 37.7 Å². The molecule has 1 heterocycles. The molecule has 0 radical (unpaired) electrons. The quantitative estimate of drug-likeness (QED) is 0.508. The van der Waals surface area contributed by atoms with Crippen molar-refractivity contribution in [2.24, 2.45) is 5.92 Å². The third kappa shape index (κ3) is 3.05. The van der Waals surface area contributed by atoms with E-state index in [9.17, 15) is 14.9 Å². The Morgan fingerprint density at radius 2 is 2.35 bits per heavy atom. The van der Waals surface area contributed by atoms with Crippen molar-refractivity contribution in [3.8, 4) is 0 Å². The van der Waals surface area contributed by atoms with Gasteiger partial charge in [0.1, 0.15) is 5.69 Å². The molecule has 2 rings (SSSR count). The molecule has 1 aliphatic heterocycles. The normalized spacial score (nSPS) is 17.9. The third-order valence-corrected chi connectivity index (χ3v) is 3.38. The number of rotatable bonds is 4. The zero-order chi connectivity index (χ0) is 14.7. The Bertz CT molecular complexity index is 526. The van der Waals surface area contributed by atoms with Crippen molar-refractivity contribution in [2.75, 3.05) is 32.5 Å². The molecule has 1 atom stereocenters. The first-order valence-electron chi connectivity index (χ1n) is 6.36. The molecule has 7 nitrogen and oxygen atoms in total. The SMILES string of the molecule is CN(CC1CCOC1)C(=O)c1ccc(N)c([N+](=O)[O-])c1. The fourth-order valence-electron chi connectivity index (χ4n) is 2.25. The van der Waals surface area contributed by atoms with Crippen molar-refractivity contribution >= 4 is 17.3 Å². The minimum absolute atomic E-state index is 0.0541. The van der Waals surface area contributed by atoms with E-state index >= 15 is 0 Å². The second-order valence-corrected chi connectivity index (χ2v) is 4.95. The molecule has 0 saturated carbocycles. The molecule has 0 aromatic heterocycles. The summed E-state index contributed by atoms with van der Waals surface area (Å²) < 4.78 is 5.27. The van der Waals surface area contributed by atoms with Gasteiger partial charge in [-0.1, -0.05) is 0 Å². The van der Waals surface area contributed by atoms with Crippen molar-refractivity contribution in [3.63, 3.8) is 0 Å². The number of nitro benzene ring substituents is 1. The van der Waals surface area contributed by atoms with Gasteiger partial charge in [-0.15, -0.1) is 0 Å². The molecule has 0 spiro atoms. The number of amides is 1. The largest absolute Gasteiger partial charge is 0.393 e. The summed E-state index contributed by atoms with van der Waals surface area (Å²) in [7, 11) is 1.68. The zero-order valence-corrected chi connectivity index (χ0v) is 11.2. The summed E-state index contributed by atoms with van der Waals surface area (Å²) >= 11 is 0. The molecule has 1 fully saturated rings. The number of nitrogens with zero attached hydrogens (tertiary/aromatic N) is 2. The van der Waals surface area contributed by atoms with E-state index in [1.165, 1.54) is 18.2 Å². The lowest BCUT2D eigenvalue weighted by molar-refractivity contribution is -0.383. The zero-order valence-electron chi connectivity index (χ0n) is 11.2. The number of hydrogen-bond acceptors (Lipinski definition) is 5. The van der Waals surface area contributed by atoms with Crippen molar-refractivity contribution in [1.82, 2.24) is 4.90 Å². The summed E-state index contributed by atoms with van der Waals surface area (Å²) in [5, 5.41) is 10.8. The van der Waals surface area contributed by atoms with E-state index < -0.39 is 4.92 Å². The van der Waals surface area contributed by atoms with Crippen LogP contribution in [0.3, 0.4) is 0 Å². The number of nitrogen functional groups attached to an aromatic ring is 1. The van der Waals surface area contributed by atoms with Gasteiger partial charge in [-0.2, -0.15) is 0 Å². The molecule has 20 heavy (non-hydrogen) atoms. The number of nitro groups is 1. The van der Waals surface area contributed by atoms with Crippen LogP contribution in [0.15, 0.2) is 18.2 Å². The van der Waals surface area contributed by atoms with Gasteiger partial charge in [0.15, 0.2) is 0 Å². The summed E-state index contributed by atoms with van der Waals surface area (Å²) in [6.45, 7) is 1.95. The van der Waals surface area contributed by atoms with E-state index in [2.05, 4.69) is 0 Å². The van der Waals surface area contributed by atoms with Gasteiger partial charge in [0.2, 0.25) is 0 Å². The molecule has 0 bridgehead atoms. The van der Waals surface area contributed by atoms with Crippen molar-refractivity contribution in [1.29, 1.82) is 0 Å². The lowest BCUT2D eigenvalue weighted by Crippen LogP contribution is -2.32. The summed E-state index contributed by atoms with van der Waals surface area (Å²) in [5.74, 6) is 0.0766. The van der Waals surface area contributed by atoms with Gasteiger partial charge < -0.3 is 15.4 Å². The summed E-state index contributed by atoms with van der Waals surface area (Å²) in [6, 6.07) is 4.11. The highest BCUT2D eigenvalue weighted by atomic mass is 16.6. The van der Waals surface area contributed by atoms with Crippen LogP contribution in [0.25, 0.3) is 0 Å². The highest BCUT2D eigenvalue weighted by molar-refractivity contribution is 5.95. The van der Waals surface area contributed by atoms with Gasteiger partial charge >= 0.3 is 0 Å². The molecule has 7 heteroatoms. The first-order valence-corrected chi connectivity index (χ1v) is 6.36. The lowest BCUT2D eigenvalue weighted by Gasteiger charge is -2.20. The first kappa shape index (κ1) is 14.3. The number of nitrogens with two attached hydrogens (primary N) is 1.